The largest absolute Gasteiger partial charge is 0.393 e. The minimum absolute atomic E-state index is 0.151. The Bertz CT molecular complexity index is 1080. The molecule has 3 N–H and O–H groups in total. The molecule has 1 aliphatic rings. The maximum Gasteiger partial charge on any atom is 0.224 e. The summed E-state index contributed by atoms with van der Waals surface area (Å²) in [4.78, 5) is 13.4. The van der Waals surface area contributed by atoms with Crippen LogP contribution < -0.4 is 10.6 Å². The number of hydrogen-bond donors (Lipinski definition) is 3. The summed E-state index contributed by atoms with van der Waals surface area (Å²) < 4.78 is 1.78. The van der Waals surface area contributed by atoms with Crippen LogP contribution in [-0.2, 0) is 7.05 Å². The number of anilines is 3. The van der Waals surface area contributed by atoms with E-state index in [-0.39, 0.29) is 12.1 Å². The van der Waals surface area contributed by atoms with Gasteiger partial charge < -0.3 is 15.7 Å². The monoisotopic (exact) mass is 431 g/mol. The number of nitrogens with zero attached hydrogens (tertiary/aromatic N) is 5. The summed E-state index contributed by atoms with van der Waals surface area (Å²) in [5, 5.41) is 25.9. The molecule has 2 atom stereocenters. The number of aliphatic hydroxyl groups excluding tert-OH is 1. The quantitative estimate of drug-likeness (QED) is 0.571. The zero-order valence-electron chi connectivity index (χ0n) is 15.7. The van der Waals surface area contributed by atoms with E-state index in [1.807, 2.05) is 13.1 Å². The molecule has 0 bridgehead atoms. The van der Waals surface area contributed by atoms with E-state index in [2.05, 4.69) is 25.6 Å². The second-order valence-electron chi connectivity index (χ2n) is 7.11. The van der Waals surface area contributed by atoms with Gasteiger partial charge in [0, 0.05) is 13.1 Å². The summed E-state index contributed by atoms with van der Waals surface area (Å²) in [7, 11) is 1.82. The van der Waals surface area contributed by atoms with Crippen molar-refractivity contribution in [3.05, 3.63) is 33.9 Å². The van der Waals surface area contributed by atoms with Crippen LogP contribution in [0.25, 0.3) is 11.2 Å². The normalized spacial score (nSPS) is 19.1. The minimum Gasteiger partial charge on any atom is -0.393 e. The van der Waals surface area contributed by atoms with E-state index in [0.29, 0.717) is 50.8 Å². The van der Waals surface area contributed by atoms with Crippen molar-refractivity contribution in [3.63, 3.8) is 0 Å². The summed E-state index contributed by atoms with van der Waals surface area (Å²) in [6.07, 6.45) is 4.86. The van der Waals surface area contributed by atoms with Crippen molar-refractivity contribution in [3.8, 4) is 6.07 Å². The summed E-state index contributed by atoms with van der Waals surface area (Å²) in [6, 6.07) is 5.25. The summed E-state index contributed by atoms with van der Waals surface area (Å²) >= 11 is 12.5. The molecule has 0 saturated heterocycles. The van der Waals surface area contributed by atoms with Crippen molar-refractivity contribution < 1.29 is 5.11 Å². The van der Waals surface area contributed by atoms with E-state index in [4.69, 9.17) is 28.5 Å². The third-order valence-corrected chi connectivity index (χ3v) is 5.60. The maximum atomic E-state index is 9.85. The Morgan fingerprint density at radius 1 is 1.24 bits per heavy atom. The molecule has 0 spiro atoms. The molecule has 8 nitrogen and oxygen atoms in total. The summed E-state index contributed by atoms with van der Waals surface area (Å²) in [6.45, 7) is 0. The molecule has 2 aromatic heterocycles. The Labute approximate surface area is 177 Å². The Kier molecular flexibility index (Phi) is 5.46. The van der Waals surface area contributed by atoms with Crippen molar-refractivity contribution in [1.82, 2.24) is 19.5 Å². The topological polar surface area (TPSA) is 112 Å². The number of aliphatic hydroxyl groups is 1. The number of aromatic nitrogens is 4. The lowest BCUT2D eigenvalue weighted by Crippen LogP contribution is -2.30. The predicted molar refractivity (Wildman–Crippen MR) is 113 cm³/mol. The molecule has 3 aromatic rings. The van der Waals surface area contributed by atoms with Crippen molar-refractivity contribution in [1.29, 1.82) is 5.26 Å². The Balaban J connectivity index is 1.61. The molecule has 0 amide bonds. The average Bonchev–Trinajstić information content (AvgIpc) is 3.00. The highest BCUT2D eigenvalue weighted by Gasteiger charge is 2.21. The van der Waals surface area contributed by atoms with E-state index in [1.54, 1.807) is 22.9 Å². The van der Waals surface area contributed by atoms with E-state index < -0.39 is 0 Å². The molecule has 2 heterocycles. The Hall–Kier alpha value is -2.60. The highest BCUT2D eigenvalue weighted by Crippen LogP contribution is 2.34. The molecule has 1 fully saturated rings. The van der Waals surface area contributed by atoms with Gasteiger partial charge in [0.05, 0.1) is 39.7 Å². The molecule has 1 aromatic carbocycles. The molecule has 1 aliphatic carbocycles. The van der Waals surface area contributed by atoms with E-state index in [0.717, 1.165) is 19.3 Å². The second kappa shape index (κ2) is 8.03. The fraction of sp³-hybridized carbons (Fsp3) is 0.368. The van der Waals surface area contributed by atoms with Gasteiger partial charge in [-0.2, -0.15) is 10.2 Å². The lowest BCUT2D eigenvalue weighted by molar-refractivity contribution is 0.124. The minimum atomic E-state index is -0.278. The molecular formula is C19H19Cl2N7O. The number of rotatable bonds is 4. The van der Waals surface area contributed by atoms with E-state index >= 15 is 0 Å². The molecule has 29 heavy (non-hydrogen) atoms. The third kappa shape index (κ3) is 4.08. The van der Waals surface area contributed by atoms with Crippen LogP contribution in [-0.4, -0.2) is 36.8 Å². The Morgan fingerprint density at radius 2 is 2.00 bits per heavy atom. The maximum absolute atomic E-state index is 9.85. The van der Waals surface area contributed by atoms with Gasteiger partial charge in [-0.05, 0) is 37.8 Å². The smallest absolute Gasteiger partial charge is 0.224 e. The van der Waals surface area contributed by atoms with Crippen LogP contribution in [0.1, 0.15) is 31.2 Å². The average molecular weight is 432 g/mol. The van der Waals surface area contributed by atoms with Crippen LogP contribution in [0.15, 0.2) is 18.3 Å². The van der Waals surface area contributed by atoms with Crippen molar-refractivity contribution in [2.75, 3.05) is 10.6 Å². The van der Waals surface area contributed by atoms with Crippen LogP contribution in [0.2, 0.25) is 10.0 Å². The number of halogens is 2. The third-order valence-electron chi connectivity index (χ3n) is 5.00. The first-order valence-electron chi connectivity index (χ1n) is 9.25. The number of benzene rings is 1. The van der Waals surface area contributed by atoms with Crippen molar-refractivity contribution >= 4 is 51.9 Å². The Morgan fingerprint density at radius 3 is 2.69 bits per heavy atom. The second-order valence-corrected chi connectivity index (χ2v) is 7.92. The molecule has 150 valence electrons. The summed E-state index contributed by atoms with van der Waals surface area (Å²) in [5.74, 6) is 0.994. The van der Waals surface area contributed by atoms with Gasteiger partial charge in [0.15, 0.2) is 5.65 Å². The van der Waals surface area contributed by atoms with Gasteiger partial charge in [0.25, 0.3) is 0 Å². The fourth-order valence-electron chi connectivity index (χ4n) is 3.51. The zero-order chi connectivity index (χ0) is 20.5. The first-order chi connectivity index (χ1) is 13.9. The van der Waals surface area contributed by atoms with Gasteiger partial charge in [0.1, 0.15) is 5.52 Å². The standard InChI is InChI=1S/C19H19Cl2N7O/c1-28-17-15(9-23-18(27-17)24-11-3-2-4-12(29)7-11)25-19(28)26-16-13(20)5-10(8-22)6-14(16)21/h5-6,9,11-12,29H,2-4,7H2,1H3,(H,25,26)(H,23,24,27)/t11-,12+/m1/s1. The lowest BCUT2D eigenvalue weighted by Gasteiger charge is -2.26. The molecule has 1 saturated carbocycles. The first-order valence-corrected chi connectivity index (χ1v) is 10.0. The number of hydrogen-bond acceptors (Lipinski definition) is 7. The van der Waals surface area contributed by atoms with Crippen LogP contribution in [0.4, 0.5) is 17.6 Å². The first kappa shape index (κ1) is 19.7. The van der Waals surface area contributed by atoms with Crippen LogP contribution >= 0.6 is 23.2 Å². The predicted octanol–water partition coefficient (Wildman–Crippen LogP) is 4.00. The highest BCUT2D eigenvalue weighted by atomic mass is 35.5. The lowest BCUT2D eigenvalue weighted by atomic mass is 9.93. The molecule has 10 heteroatoms. The van der Waals surface area contributed by atoms with Gasteiger partial charge in [0.2, 0.25) is 11.9 Å². The van der Waals surface area contributed by atoms with Gasteiger partial charge in [-0.25, -0.2) is 9.97 Å². The van der Waals surface area contributed by atoms with Gasteiger partial charge in [-0.15, -0.1) is 0 Å². The van der Waals surface area contributed by atoms with E-state index in [1.165, 1.54) is 0 Å². The van der Waals surface area contributed by atoms with Crippen LogP contribution in [0.5, 0.6) is 0 Å². The molecule has 0 radical (unpaired) electrons. The number of nitriles is 1. The van der Waals surface area contributed by atoms with Crippen molar-refractivity contribution in [2.45, 2.75) is 37.8 Å². The SMILES string of the molecule is Cn1c(Nc2c(Cl)cc(C#N)cc2Cl)nc2cnc(N[C@@H]3CCC[C@H](O)C3)nc21. The molecule has 4 rings (SSSR count). The zero-order valence-corrected chi connectivity index (χ0v) is 17.2. The molecule has 0 unspecified atom stereocenters. The highest BCUT2D eigenvalue weighted by molar-refractivity contribution is 6.39. The van der Waals surface area contributed by atoms with Gasteiger partial charge in [-0.3, -0.25) is 4.57 Å². The number of imidazole rings is 1. The van der Waals surface area contributed by atoms with Crippen LogP contribution in [0.3, 0.4) is 0 Å². The molecule has 0 aliphatic heterocycles. The van der Waals surface area contributed by atoms with Gasteiger partial charge >= 0.3 is 0 Å². The number of nitrogens with one attached hydrogen (secondary N) is 2. The number of aryl methyl sites for hydroxylation is 1. The van der Waals surface area contributed by atoms with Crippen molar-refractivity contribution in [2.24, 2.45) is 7.05 Å². The van der Waals surface area contributed by atoms with Gasteiger partial charge in [-0.1, -0.05) is 23.2 Å². The van der Waals surface area contributed by atoms with Crippen LogP contribution in [0, 0.1) is 11.3 Å². The molecular weight excluding hydrogens is 413 g/mol. The van der Waals surface area contributed by atoms with E-state index in [9.17, 15) is 5.11 Å². The summed E-state index contributed by atoms with van der Waals surface area (Å²) in [5.41, 5.74) is 2.10. The number of fused-ring (bicyclic) bond motifs is 1. The fourth-order valence-corrected chi connectivity index (χ4v) is 4.09.